The van der Waals surface area contributed by atoms with Crippen LogP contribution in [0.2, 0.25) is 5.02 Å². The van der Waals surface area contributed by atoms with Crippen LogP contribution >= 0.6 is 11.6 Å². The molecule has 0 saturated carbocycles. The molecule has 0 radical (unpaired) electrons. The van der Waals surface area contributed by atoms with E-state index in [2.05, 4.69) is 4.98 Å². The average molecular weight is 304 g/mol. The average Bonchev–Trinajstić information content (AvgIpc) is 2.55. The molecule has 1 aromatic heterocycles. The van der Waals surface area contributed by atoms with Crippen LogP contribution in [0, 0.1) is 0 Å². The highest BCUT2D eigenvalue weighted by Crippen LogP contribution is 2.49. The number of hydrogen-bond acceptors (Lipinski definition) is 3. The molecule has 0 aliphatic carbocycles. The molecule has 2 rings (SSSR count). The van der Waals surface area contributed by atoms with Crippen LogP contribution in [-0.2, 0) is 0 Å². The summed E-state index contributed by atoms with van der Waals surface area (Å²) in [6.07, 6.45) is -4.74. The van der Waals surface area contributed by atoms with Gasteiger partial charge >= 0.3 is 12.0 Å². The van der Waals surface area contributed by atoms with Crippen molar-refractivity contribution in [3.8, 4) is 0 Å². The van der Waals surface area contributed by atoms with Gasteiger partial charge in [-0.05, 0) is 12.1 Å². The van der Waals surface area contributed by atoms with Gasteiger partial charge in [-0.1, -0.05) is 11.6 Å². The number of anilines is 1. The van der Waals surface area contributed by atoms with Gasteiger partial charge in [-0.2, -0.15) is 13.2 Å². The Morgan fingerprint density at radius 1 is 1.32 bits per heavy atom. The van der Waals surface area contributed by atoms with E-state index in [4.69, 9.17) is 11.6 Å². The number of nitrogens with zero attached hydrogens (tertiary/aromatic N) is 3. The van der Waals surface area contributed by atoms with Crippen molar-refractivity contribution in [1.82, 2.24) is 10.2 Å². The molecule has 1 aliphatic rings. The molecule has 10 heteroatoms. The van der Waals surface area contributed by atoms with Crippen LogP contribution in [0.3, 0.4) is 0 Å². The lowest BCUT2D eigenvalue weighted by atomic mass is 10.2. The molecular formula is C9H4ClF6N3. The molecule has 0 spiro atoms. The number of hydrazine groups is 1. The molecule has 0 amide bonds. The van der Waals surface area contributed by atoms with Gasteiger partial charge in [0.1, 0.15) is 0 Å². The summed E-state index contributed by atoms with van der Waals surface area (Å²) in [7, 11) is 0. The van der Waals surface area contributed by atoms with E-state index in [9.17, 15) is 26.4 Å². The van der Waals surface area contributed by atoms with Crippen molar-refractivity contribution in [3.63, 3.8) is 0 Å². The Balaban J connectivity index is 2.47. The molecule has 0 N–H and O–H groups in total. The first-order valence-corrected chi connectivity index (χ1v) is 5.06. The first-order chi connectivity index (χ1) is 8.69. The zero-order valence-corrected chi connectivity index (χ0v) is 9.55. The molecule has 0 fully saturated rings. The maximum atomic E-state index is 13.5. The summed E-state index contributed by atoms with van der Waals surface area (Å²) < 4.78 is 77.5. The molecule has 0 saturated heterocycles. The summed E-state index contributed by atoms with van der Waals surface area (Å²) >= 11 is 5.57. The zero-order valence-electron chi connectivity index (χ0n) is 8.80. The molecule has 1 atom stereocenters. The van der Waals surface area contributed by atoms with Crippen LogP contribution in [0.5, 0.6) is 0 Å². The summed E-state index contributed by atoms with van der Waals surface area (Å²) in [4.78, 5) is 3.46. The smallest absolute Gasteiger partial charge is 0.236 e. The monoisotopic (exact) mass is 303 g/mol. The molecule has 2 heterocycles. The van der Waals surface area contributed by atoms with Crippen LogP contribution in [0.15, 0.2) is 30.4 Å². The van der Waals surface area contributed by atoms with Crippen LogP contribution in [-0.4, -0.2) is 22.2 Å². The Morgan fingerprint density at radius 2 is 1.95 bits per heavy atom. The van der Waals surface area contributed by atoms with Gasteiger partial charge in [0.25, 0.3) is 0 Å². The molecule has 104 valence electrons. The van der Waals surface area contributed by atoms with Crippen molar-refractivity contribution < 1.29 is 26.4 Å². The van der Waals surface area contributed by atoms with Crippen molar-refractivity contribution >= 4 is 17.4 Å². The maximum Gasteiger partial charge on any atom is 0.448 e. The highest BCUT2D eigenvalue weighted by Gasteiger charge is 2.70. The van der Waals surface area contributed by atoms with E-state index in [1.54, 1.807) is 0 Å². The molecule has 1 aromatic rings. The lowest BCUT2D eigenvalue weighted by Gasteiger charge is -2.29. The predicted molar refractivity (Wildman–Crippen MR) is 53.8 cm³/mol. The van der Waals surface area contributed by atoms with Gasteiger partial charge in [-0.3, -0.25) is 0 Å². The number of rotatable bonds is 1. The number of hydrogen-bond donors (Lipinski definition) is 0. The normalized spacial score (nSPS) is 24.8. The van der Waals surface area contributed by atoms with Crippen molar-refractivity contribution in [1.29, 1.82) is 0 Å². The fourth-order valence-electron chi connectivity index (χ4n) is 1.41. The Morgan fingerprint density at radius 3 is 2.42 bits per heavy atom. The van der Waals surface area contributed by atoms with Gasteiger partial charge in [0, 0.05) is 11.4 Å². The molecule has 1 aliphatic heterocycles. The van der Waals surface area contributed by atoms with Crippen molar-refractivity contribution in [3.05, 3.63) is 35.4 Å². The van der Waals surface area contributed by atoms with Gasteiger partial charge in [-0.15, -0.1) is 4.48 Å². The number of aromatic nitrogens is 1. The van der Waals surface area contributed by atoms with Gasteiger partial charge in [0.2, 0.25) is 0 Å². The SMILES string of the molecule is FC1=CN(c2ncccc2Cl)N(F)C1(F)C(F)(F)F. The van der Waals surface area contributed by atoms with Crippen molar-refractivity contribution in [2.45, 2.75) is 12.0 Å². The summed E-state index contributed by atoms with van der Waals surface area (Å²) in [6, 6.07) is 2.49. The Labute approximate surface area is 107 Å². The quantitative estimate of drug-likeness (QED) is 0.448. The van der Waals surface area contributed by atoms with E-state index in [0.717, 1.165) is 6.20 Å². The highest BCUT2D eigenvalue weighted by atomic mass is 35.5. The summed E-state index contributed by atoms with van der Waals surface area (Å²) in [5.41, 5.74) is 0. The molecule has 0 aromatic carbocycles. The van der Waals surface area contributed by atoms with E-state index < -0.39 is 28.8 Å². The van der Waals surface area contributed by atoms with Gasteiger partial charge < -0.3 is 0 Å². The lowest BCUT2D eigenvalue weighted by molar-refractivity contribution is -0.305. The Hall–Kier alpha value is -1.48. The first kappa shape index (κ1) is 13.9. The van der Waals surface area contributed by atoms with E-state index in [0.29, 0.717) is 0 Å². The Kier molecular flexibility index (Phi) is 3.13. The largest absolute Gasteiger partial charge is 0.448 e. The van der Waals surface area contributed by atoms with E-state index in [1.165, 1.54) is 12.1 Å². The summed E-state index contributed by atoms with van der Waals surface area (Å²) in [5.74, 6) is -7.83. The van der Waals surface area contributed by atoms with Gasteiger partial charge in [0.05, 0.1) is 11.2 Å². The number of alkyl halides is 4. The van der Waals surface area contributed by atoms with Crippen LogP contribution < -0.4 is 5.01 Å². The third-order valence-electron chi connectivity index (χ3n) is 2.33. The van der Waals surface area contributed by atoms with E-state index in [1.807, 2.05) is 0 Å². The van der Waals surface area contributed by atoms with Crippen molar-refractivity contribution in [2.75, 3.05) is 5.01 Å². The van der Waals surface area contributed by atoms with E-state index >= 15 is 0 Å². The van der Waals surface area contributed by atoms with Gasteiger partial charge in [-0.25, -0.2) is 18.8 Å². The molecule has 3 nitrogen and oxygen atoms in total. The van der Waals surface area contributed by atoms with Crippen molar-refractivity contribution in [2.24, 2.45) is 0 Å². The minimum Gasteiger partial charge on any atom is -0.236 e. The number of halogens is 7. The second kappa shape index (κ2) is 4.27. The third kappa shape index (κ3) is 1.93. The second-order valence-electron chi connectivity index (χ2n) is 3.51. The van der Waals surface area contributed by atoms with Crippen LogP contribution in [0.1, 0.15) is 0 Å². The Bertz CT molecular complexity index is 533. The van der Waals surface area contributed by atoms with Crippen LogP contribution in [0.25, 0.3) is 0 Å². The van der Waals surface area contributed by atoms with Crippen LogP contribution in [0.4, 0.5) is 32.3 Å². The first-order valence-electron chi connectivity index (χ1n) is 4.68. The maximum absolute atomic E-state index is 13.5. The minimum atomic E-state index is -5.81. The standard InChI is InChI=1S/C9H4ClF6N3/c10-5-2-1-3-17-7(5)18-4-6(11)8(12,19(18)16)9(13,14)15/h1-4H. The fourth-order valence-corrected chi connectivity index (χ4v) is 1.62. The minimum absolute atomic E-state index is 0.0122. The summed E-state index contributed by atoms with van der Waals surface area (Å²) in [6.45, 7) is 0. The molecule has 19 heavy (non-hydrogen) atoms. The number of pyridine rings is 1. The molecular weight excluding hydrogens is 300 g/mol. The van der Waals surface area contributed by atoms with E-state index in [-0.39, 0.29) is 16.2 Å². The third-order valence-corrected chi connectivity index (χ3v) is 2.62. The topological polar surface area (TPSA) is 19.4 Å². The second-order valence-corrected chi connectivity index (χ2v) is 3.92. The zero-order chi connectivity index (χ0) is 14.4. The molecule has 1 unspecified atom stereocenters. The predicted octanol–water partition coefficient (Wildman–Crippen LogP) is 3.70. The lowest BCUT2D eigenvalue weighted by Crippen LogP contribution is -2.53. The fraction of sp³-hybridized carbons (Fsp3) is 0.222. The molecule has 0 bridgehead atoms. The van der Waals surface area contributed by atoms with Gasteiger partial charge in [0.15, 0.2) is 11.6 Å². The highest BCUT2D eigenvalue weighted by molar-refractivity contribution is 6.32. The summed E-state index contributed by atoms with van der Waals surface area (Å²) in [5, 5.41) is -1.82.